The molecular weight excluding hydrogens is 697 g/mol. The van der Waals surface area contributed by atoms with Gasteiger partial charge >= 0.3 is 0 Å². The molecule has 3 fully saturated rings. The lowest BCUT2D eigenvalue weighted by atomic mass is 9.58. The molecule has 3 aromatic rings. The van der Waals surface area contributed by atoms with Crippen molar-refractivity contribution >= 4 is 46.2 Å². The number of nitrogens with two attached hydrogens (primary N) is 1. The van der Waals surface area contributed by atoms with Crippen molar-refractivity contribution in [1.29, 1.82) is 0 Å². The Kier molecular flexibility index (Phi) is 9.72. The van der Waals surface area contributed by atoms with E-state index in [0.717, 1.165) is 74.8 Å². The topological polar surface area (TPSA) is 120 Å². The van der Waals surface area contributed by atoms with Gasteiger partial charge in [0.15, 0.2) is 11.7 Å². The quantitative estimate of drug-likeness (QED) is 0.0778. The number of thiophene rings is 2. The number of anilines is 1. The molecule has 0 amide bonds. The molecular formula is C44H50N4O3S2. The predicted molar refractivity (Wildman–Crippen MR) is 217 cm³/mol. The average molecular weight is 747 g/mol. The number of ketones is 1. The van der Waals surface area contributed by atoms with Crippen molar-refractivity contribution < 1.29 is 15.0 Å². The Hall–Kier alpha value is -4.02. The van der Waals surface area contributed by atoms with Gasteiger partial charge in [-0.2, -0.15) is 0 Å². The van der Waals surface area contributed by atoms with Gasteiger partial charge in [-0.05, 0) is 124 Å². The van der Waals surface area contributed by atoms with Gasteiger partial charge in [-0.3, -0.25) is 9.79 Å². The van der Waals surface area contributed by atoms with E-state index in [0.29, 0.717) is 29.6 Å². The number of aliphatic imine (C=N–C) groups is 1. The van der Waals surface area contributed by atoms with E-state index in [1.54, 1.807) is 36.6 Å². The molecule has 0 saturated heterocycles. The van der Waals surface area contributed by atoms with Crippen molar-refractivity contribution in [2.45, 2.75) is 103 Å². The molecule has 4 aliphatic carbocycles. The molecule has 3 bridgehead atoms. The van der Waals surface area contributed by atoms with E-state index in [1.165, 1.54) is 25.7 Å². The van der Waals surface area contributed by atoms with Crippen LogP contribution < -0.4 is 16.4 Å². The number of hydrogen-bond acceptors (Lipinski definition) is 7. The van der Waals surface area contributed by atoms with Gasteiger partial charge in [0.2, 0.25) is 0 Å². The molecule has 1 aromatic carbocycles. The summed E-state index contributed by atoms with van der Waals surface area (Å²) in [6.07, 6.45) is 14.3. The first kappa shape index (κ1) is 36.0. The molecule has 5 aliphatic rings. The highest BCUT2D eigenvalue weighted by Gasteiger charge is 2.60. The zero-order valence-electron chi connectivity index (χ0n) is 30.9. The number of carbonyl (C=O) groups excluding carboxylic acids is 1. The van der Waals surface area contributed by atoms with E-state index < -0.39 is 6.10 Å². The average Bonchev–Trinajstić information content (AvgIpc) is 3.97. The maximum absolute atomic E-state index is 14.9. The summed E-state index contributed by atoms with van der Waals surface area (Å²) in [5, 5.41) is 29.0. The van der Waals surface area contributed by atoms with E-state index in [-0.39, 0.29) is 40.5 Å². The minimum absolute atomic E-state index is 0.0388. The molecule has 0 unspecified atom stereocenters. The van der Waals surface area contributed by atoms with Crippen LogP contribution in [0.1, 0.15) is 109 Å². The van der Waals surface area contributed by atoms with Crippen molar-refractivity contribution in [2.75, 3.05) is 12.4 Å². The highest BCUT2D eigenvalue weighted by molar-refractivity contribution is 7.23. The van der Waals surface area contributed by atoms with Crippen LogP contribution in [0.15, 0.2) is 41.4 Å². The molecule has 8 rings (SSSR count). The normalized spacial score (nSPS) is 28.9. The lowest BCUT2D eigenvalue weighted by Gasteiger charge is -2.47. The standard InChI is InChI=1S/C44H50N4O3S2/c1-4-8-30-12-16-37(52-30)38-17-18-39(53-38)41(51)33-14-11-27-23-44(33)24-29(43(25-44)19-5-6-20-43)9-7-10-31-28(21-35(27)48-42(45)46-3)22-36(50)32-13-15-34(26(2)49)47-40(31)32/h12-13,15-18,22,26-27,29,33-35,47,49-50H,5-6,9,11,14,19-21,23-25H2,1-3H3,(H3,45,46,48)/t26-,27+,29+,33+,34+,35+,44-/m0/s1. The summed E-state index contributed by atoms with van der Waals surface area (Å²) >= 11 is 3.32. The number of nitrogens with zero attached hydrogens (tertiary/aromatic N) is 1. The number of phenols is 1. The van der Waals surface area contributed by atoms with Crippen LogP contribution in [0.25, 0.3) is 15.8 Å². The van der Waals surface area contributed by atoms with E-state index in [9.17, 15) is 15.0 Å². The smallest absolute Gasteiger partial charge is 0.188 e. The fraction of sp³-hybridized carbons (Fsp3) is 0.500. The zero-order chi connectivity index (χ0) is 36.9. The van der Waals surface area contributed by atoms with E-state index in [2.05, 4.69) is 63.6 Å². The maximum atomic E-state index is 14.9. The van der Waals surface area contributed by atoms with E-state index >= 15 is 0 Å². The monoisotopic (exact) mass is 746 g/mol. The molecule has 53 heavy (non-hydrogen) atoms. The van der Waals surface area contributed by atoms with E-state index in [4.69, 9.17) is 5.73 Å². The number of guanidine groups is 1. The van der Waals surface area contributed by atoms with Gasteiger partial charge < -0.3 is 26.6 Å². The van der Waals surface area contributed by atoms with Crippen molar-refractivity contribution in [3.8, 4) is 39.2 Å². The number of aliphatic hydroxyl groups excluding tert-OH is 1. The molecule has 2 aromatic heterocycles. The summed E-state index contributed by atoms with van der Waals surface area (Å²) in [4.78, 5) is 23.4. The molecule has 3 saturated carbocycles. The van der Waals surface area contributed by atoms with Crippen LogP contribution in [0.5, 0.6) is 5.75 Å². The SMILES string of the molecule is CC#Cc1ccc(-c2ccc(C(=O)[C@H]3CC[C@@H]4C[C@@]35C[C@@H](CC#Cc3c(cc(O)c6c3N[C@@H]([C@H](C)O)C=C6)C[C@H]4NC(N)=NC)C3(CCCC3)C5)s2)s1. The number of rotatable bonds is 5. The fourth-order valence-corrected chi connectivity index (χ4v) is 12.8. The highest BCUT2D eigenvalue weighted by atomic mass is 32.1. The van der Waals surface area contributed by atoms with Crippen LogP contribution in [-0.4, -0.2) is 47.2 Å². The summed E-state index contributed by atoms with van der Waals surface area (Å²) in [5.41, 5.74) is 9.84. The van der Waals surface area contributed by atoms with Crippen LogP contribution in [0.2, 0.25) is 0 Å². The van der Waals surface area contributed by atoms with Crippen LogP contribution in [0, 0.1) is 52.3 Å². The molecule has 0 radical (unpaired) electrons. The molecule has 7 nitrogen and oxygen atoms in total. The van der Waals surface area contributed by atoms with Gasteiger partial charge in [0.05, 0.1) is 33.2 Å². The molecule has 9 heteroatoms. The minimum Gasteiger partial charge on any atom is -0.507 e. The molecule has 6 N–H and O–H groups in total. The van der Waals surface area contributed by atoms with Crippen molar-refractivity contribution in [3.63, 3.8) is 0 Å². The van der Waals surface area contributed by atoms with Gasteiger partial charge in [-0.1, -0.05) is 42.8 Å². The first-order chi connectivity index (χ1) is 25.6. The third-order valence-electron chi connectivity index (χ3n) is 13.2. The van der Waals surface area contributed by atoms with Gasteiger partial charge in [0, 0.05) is 40.7 Å². The van der Waals surface area contributed by atoms with Crippen LogP contribution in [0.4, 0.5) is 5.69 Å². The maximum Gasteiger partial charge on any atom is 0.188 e. The first-order valence-corrected chi connectivity index (χ1v) is 20.9. The summed E-state index contributed by atoms with van der Waals surface area (Å²) in [5.74, 6) is 15.0. The lowest BCUT2D eigenvalue weighted by molar-refractivity contribution is 0.0338. The lowest BCUT2D eigenvalue weighted by Crippen LogP contribution is -2.50. The number of benzene rings is 1. The van der Waals surface area contributed by atoms with Gasteiger partial charge in [-0.25, -0.2) is 0 Å². The van der Waals surface area contributed by atoms with Crippen molar-refractivity contribution in [2.24, 2.45) is 39.3 Å². The highest BCUT2D eigenvalue weighted by Crippen LogP contribution is 2.68. The third kappa shape index (κ3) is 6.60. The van der Waals surface area contributed by atoms with Crippen LogP contribution in [0.3, 0.4) is 0 Å². The Bertz CT molecular complexity index is 2100. The second-order valence-electron chi connectivity index (χ2n) is 16.2. The number of aliphatic hydroxyl groups is 1. The van der Waals surface area contributed by atoms with Crippen LogP contribution >= 0.6 is 22.7 Å². The van der Waals surface area contributed by atoms with Gasteiger partial charge in [0.1, 0.15) is 5.75 Å². The number of Topliss-reactive ketones (excluding diaryl/α,β-unsaturated/α-hetero) is 1. The van der Waals surface area contributed by atoms with Gasteiger partial charge in [0.25, 0.3) is 0 Å². The Morgan fingerprint density at radius 1 is 1.13 bits per heavy atom. The summed E-state index contributed by atoms with van der Waals surface area (Å²) < 4.78 is 0. The summed E-state index contributed by atoms with van der Waals surface area (Å²) in [6.45, 7) is 3.63. The summed E-state index contributed by atoms with van der Waals surface area (Å²) in [6, 6.07) is 9.90. The van der Waals surface area contributed by atoms with Crippen molar-refractivity contribution in [3.05, 3.63) is 62.9 Å². The number of hydrogen-bond donors (Lipinski definition) is 5. The molecule has 1 aliphatic heterocycles. The molecule has 276 valence electrons. The number of phenolic OH excluding ortho intramolecular Hbond substituents is 1. The number of fused-ring (bicyclic) bond motifs is 6. The minimum atomic E-state index is -0.608. The third-order valence-corrected chi connectivity index (χ3v) is 15.5. The predicted octanol–water partition coefficient (Wildman–Crippen LogP) is 8.20. The van der Waals surface area contributed by atoms with Crippen LogP contribution in [-0.2, 0) is 6.42 Å². The first-order valence-electron chi connectivity index (χ1n) is 19.3. The Morgan fingerprint density at radius 2 is 1.92 bits per heavy atom. The molecule has 2 spiro atoms. The van der Waals surface area contributed by atoms with Crippen molar-refractivity contribution in [1.82, 2.24) is 5.32 Å². The number of aromatic hydroxyl groups is 1. The fourth-order valence-electron chi connectivity index (χ4n) is 10.8. The Labute approximate surface area is 321 Å². The molecule has 3 heterocycles. The summed E-state index contributed by atoms with van der Waals surface area (Å²) in [7, 11) is 1.71. The second-order valence-corrected chi connectivity index (χ2v) is 18.4. The largest absolute Gasteiger partial charge is 0.507 e. The van der Waals surface area contributed by atoms with Gasteiger partial charge in [-0.15, -0.1) is 28.6 Å². The number of nitrogens with one attached hydrogen (secondary N) is 2. The number of carbonyl (C=O) groups is 1. The van der Waals surface area contributed by atoms with E-state index in [1.807, 2.05) is 25.1 Å². The Morgan fingerprint density at radius 3 is 2.70 bits per heavy atom. The second kappa shape index (κ2) is 14.3. The zero-order valence-corrected chi connectivity index (χ0v) is 32.6. The Balaban J connectivity index is 1.20. The molecule has 7 atom stereocenters.